The van der Waals surface area contributed by atoms with Crippen LogP contribution in [0.1, 0.15) is 103 Å². The van der Waals surface area contributed by atoms with Crippen molar-refractivity contribution in [2.45, 2.75) is 109 Å². The normalized spacial score (nSPS) is 20.9. The van der Waals surface area contributed by atoms with Crippen LogP contribution in [0.25, 0.3) is 0 Å². The van der Waals surface area contributed by atoms with E-state index >= 15 is 0 Å². The lowest BCUT2D eigenvalue weighted by Crippen LogP contribution is -2.62. The van der Waals surface area contributed by atoms with Crippen molar-refractivity contribution < 1.29 is 19.1 Å². The number of amides is 4. The van der Waals surface area contributed by atoms with Crippen molar-refractivity contribution in [3.05, 3.63) is 83.1 Å². The summed E-state index contributed by atoms with van der Waals surface area (Å²) < 4.78 is 6.05. The summed E-state index contributed by atoms with van der Waals surface area (Å²) in [7, 11) is 0. The van der Waals surface area contributed by atoms with E-state index in [4.69, 9.17) is 4.74 Å². The fourth-order valence-electron chi connectivity index (χ4n) is 7.53. The lowest BCUT2D eigenvalue weighted by atomic mass is 9.83. The van der Waals surface area contributed by atoms with Crippen molar-refractivity contribution in [1.29, 1.82) is 5.26 Å². The predicted molar refractivity (Wildman–Crippen MR) is 184 cm³/mol. The average Bonchev–Trinajstić information content (AvgIpc) is 3.31. The summed E-state index contributed by atoms with van der Waals surface area (Å²) in [5.74, 6) is -0.197. The van der Waals surface area contributed by atoms with E-state index in [1.54, 1.807) is 6.08 Å². The Labute approximate surface area is 279 Å². The van der Waals surface area contributed by atoms with Gasteiger partial charge in [0.2, 0.25) is 0 Å². The molecule has 2 aliphatic carbocycles. The van der Waals surface area contributed by atoms with E-state index in [-0.39, 0.29) is 17.7 Å². The summed E-state index contributed by atoms with van der Waals surface area (Å²) >= 11 is 0. The first kappa shape index (κ1) is 34.0. The molecule has 2 aromatic carbocycles. The molecule has 0 bridgehead atoms. The fraction of sp³-hybridized carbons (Fsp3) is 0.487. The number of fused-ring (bicyclic) bond motifs is 1. The van der Waals surface area contributed by atoms with E-state index in [9.17, 15) is 19.6 Å². The van der Waals surface area contributed by atoms with Gasteiger partial charge in [0.25, 0.3) is 11.8 Å². The van der Waals surface area contributed by atoms with Gasteiger partial charge in [0.15, 0.2) is 0 Å². The zero-order valence-corrected chi connectivity index (χ0v) is 28.3. The number of benzene rings is 2. The zero-order chi connectivity index (χ0) is 33.6. The molecule has 248 valence electrons. The van der Waals surface area contributed by atoms with Crippen molar-refractivity contribution >= 4 is 23.5 Å². The molecule has 47 heavy (non-hydrogen) atoms. The second-order valence-electron chi connectivity index (χ2n) is 13.1. The van der Waals surface area contributed by atoms with Crippen LogP contribution in [0.5, 0.6) is 5.75 Å². The third-order valence-electron chi connectivity index (χ3n) is 9.95. The number of allylic oxidation sites excluding steroid dienone is 3. The summed E-state index contributed by atoms with van der Waals surface area (Å²) in [5.41, 5.74) is 2.95. The largest absolute Gasteiger partial charge is 0.492 e. The Balaban J connectivity index is 0.00000213. The summed E-state index contributed by atoms with van der Waals surface area (Å²) in [6, 6.07) is 16.8. The molecule has 2 heterocycles. The molecule has 8 heteroatoms. The number of nitrogens with zero attached hydrogens (tertiary/aromatic N) is 4. The molecule has 2 aromatic rings. The number of urea groups is 1. The van der Waals surface area contributed by atoms with Gasteiger partial charge in [0.1, 0.15) is 17.9 Å². The molecule has 1 saturated heterocycles. The van der Waals surface area contributed by atoms with Gasteiger partial charge in [-0.25, -0.2) is 4.79 Å². The third-order valence-corrected chi connectivity index (χ3v) is 9.95. The summed E-state index contributed by atoms with van der Waals surface area (Å²) in [6.45, 7) is 9.11. The number of nitriles is 1. The van der Waals surface area contributed by atoms with Gasteiger partial charge in [-0.2, -0.15) is 5.26 Å². The van der Waals surface area contributed by atoms with E-state index in [1.165, 1.54) is 9.80 Å². The van der Waals surface area contributed by atoms with Gasteiger partial charge in [-0.3, -0.25) is 19.4 Å². The van der Waals surface area contributed by atoms with Crippen LogP contribution < -0.4 is 9.64 Å². The molecular formula is C39H48N4O4. The Morgan fingerprint density at radius 2 is 1.40 bits per heavy atom. The highest BCUT2D eigenvalue weighted by Crippen LogP contribution is 2.48. The maximum atomic E-state index is 14.0. The summed E-state index contributed by atoms with van der Waals surface area (Å²) in [6.07, 6.45) is 12.7. The molecule has 0 N–H and O–H groups in total. The van der Waals surface area contributed by atoms with Crippen molar-refractivity contribution in [2.24, 2.45) is 0 Å². The predicted octanol–water partition coefficient (Wildman–Crippen LogP) is 8.03. The second-order valence-corrected chi connectivity index (χ2v) is 13.1. The summed E-state index contributed by atoms with van der Waals surface area (Å²) in [4.78, 5) is 46.9. The topological polar surface area (TPSA) is 94.0 Å². The molecule has 3 fully saturated rings. The van der Waals surface area contributed by atoms with Crippen LogP contribution in [0.15, 0.2) is 72.0 Å². The number of imide groups is 2. The van der Waals surface area contributed by atoms with Crippen molar-refractivity contribution in [1.82, 2.24) is 9.80 Å². The number of carbonyl (C=O) groups is 3. The molecule has 0 aromatic heterocycles. The van der Waals surface area contributed by atoms with E-state index in [0.29, 0.717) is 18.7 Å². The molecule has 6 rings (SSSR count). The molecular weight excluding hydrogens is 588 g/mol. The van der Waals surface area contributed by atoms with Crippen LogP contribution in [0.4, 0.5) is 10.5 Å². The molecule has 2 aliphatic heterocycles. The smallest absolute Gasteiger partial charge is 0.334 e. The lowest BCUT2D eigenvalue weighted by molar-refractivity contribution is -0.139. The Hall–Kier alpha value is -4.38. The number of hydrogen-bond acceptors (Lipinski definition) is 6. The maximum absolute atomic E-state index is 14.0. The van der Waals surface area contributed by atoms with Crippen LogP contribution >= 0.6 is 0 Å². The highest BCUT2D eigenvalue weighted by Gasteiger charge is 2.48. The minimum atomic E-state index is -0.519. The van der Waals surface area contributed by atoms with Gasteiger partial charge < -0.3 is 9.64 Å². The molecule has 2 saturated carbocycles. The van der Waals surface area contributed by atoms with E-state index < -0.39 is 23.3 Å². The second kappa shape index (κ2) is 15.0. The Kier molecular flexibility index (Phi) is 10.9. The van der Waals surface area contributed by atoms with Crippen LogP contribution in [0.3, 0.4) is 0 Å². The molecule has 0 atom stereocenters. The number of barbiturate groups is 1. The van der Waals surface area contributed by atoms with Gasteiger partial charge >= 0.3 is 6.03 Å². The van der Waals surface area contributed by atoms with Crippen LogP contribution in [-0.4, -0.2) is 52.9 Å². The number of ether oxygens (including phenoxy) is 1. The molecule has 0 radical (unpaired) electrons. The van der Waals surface area contributed by atoms with Crippen LogP contribution in [-0.2, 0) is 15.0 Å². The highest BCUT2D eigenvalue weighted by atomic mass is 16.5. The van der Waals surface area contributed by atoms with Gasteiger partial charge in [-0.15, -0.1) is 0 Å². The SMILES string of the molecule is CC.CC1(C)/C(=C\C=C2C(=O)N(C3CCCCC3)C(=O)N(C3CCCCC3)C2=O)N(CCOc2ccccc2)c2ccc(C#N)cc21. The van der Waals surface area contributed by atoms with Gasteiger partial charge in [-0.1, -0.05) is 84.4 Å². The maximum Gasteiger partial charge on any atom is 0.334 e. The van der Waals surface area contributed by atoms with Crippen molar-refractivity contribution in [3.63, 3.8) is 0 Å². The minimum absolute atomic E-state index is 0.0446. The minimum Gasteiger partial charge on any atom is -0.492 e. The average molecular weight is 637 g/mol. The highest BCUT2D eigenvalue weighted by molar-refractivity contribution is 6.29. The van der Waals surface area contributed by atoms with Crippen LogP contribution in [0.2, 0.25) is 0 Å². The Morgan fingerprint density at radius 1 is 0.830 bits per heavy atom. The number of rotatable bonds is 7. The monoisotopic (exact) mass is 636 g/mol. The molecule has 4 amide bonds. The van der Waals surface area contributed by atoms with Gasteiger partial charge in [0.05, 0.1) is 18.2 Å². The van der Waals surface area contributed by atoms with Crippen LogP contribution in [0, 0.1) is 11.3 Å². The lowest BCUT2D eigenvalue weighted by Gasteiger charge is -2.43. The molecule has 8 nitrogen and oxygen atoms in total. The Bertz CT molecular complexity index is 1520. The first-order valence-corrected chi connectivity index (χ1v) is 17.4. The van der Waals surface area contributed by atoms with E-state index in [1.807, 2.05) is 68.5 Å². The van der Waals surface area contributed by atoms with E-state index in [0.717, 1.165) is 86.9 Å². The number of anilines is 1. The van der Waals surface area contributed by atoms with Gasteiger partial charge in [-0.05, 0) is 73.7 Å². The van der Waals surface area contributed by atoms with Gasteiger partial charge in [0, 0.05) is 28.9 Å². The quantitative estimate of drug-likeness (QED) is 0.226. The molecule has 4 aliphatic rings. The fourth-order valence-corrected chi connectivity index (χ4v) is 7.53. The first-order valence-electron chi connectivity index (χ1n) is 17.4. The summed E-state index contributed by atoms with van der Waals surface area (Å²) in [5, 5.41) is 9.64. The third kappa shape index (κ3) is 6.86. The van der Waals surface area contributed by atoms with Crippen molar-refractivity contribution in [2.75, 3.05) is 18.1 Å². The zero-order valence-electron chi connectivity index (χ0n) is 28.3. The first-order chi connectivity index (χ1) is 22.8. The molecule has 0 spiro atoms. The molecule has 0 unspecified atom stereocenters. The van der Waals surface area contributed by atoms with E-state index in [2.05, 4.69) is 24.8 Å². The standard InChI is InChI=1S/C37H42N4O4.C2H6/c1-37(2)31-24-26(25-38)18-20-32(31)39(22-23-45-29-16-10-5-11-17-29)33(37)21-19-30-34(42)40(27-12-6-3-7-13-27)36(44)41(35(30)43)28-14-8-4-9-15-28;1-2/h5,10-11,16-21,24,27-28H,3-4,6-9,12-15,22-23H2,1-2H3;1-2H3/b33-21+;. The number of hydrogen-bond donors (Lipinski definition) is 0. The van der Waals surface area contributed by atoms with Crippen molar-refractivity contribution in [3.8, 4) is 11.8 Å². The number of para-hydroxylation sites is 1. The Morgan fingerprint density at radius 3 is 1.96 bits per heavy atom. The number of carbonyl (C=O) groups excluding carboxylic acids is 3.